The SMILES string of the molecule is C/C(=N\NC(=O)Oc1ccccc1)c1ccco1. The van der Waals surface area contributed by atoms with Gasteiger partial charge >= 0.3 is 6.09 Å². The zero-order valence-corrected chi connectivity index (χ0v) is 9.79. The molecule has 1 aromatic carbocycles. The van der Waals surface area contributed by atoms with Crippen LogP contribution >= 0.6 is 0 Å². The van der Waals surface area contributed by atoms with E-state index in [2.05, 4.69) is 10.5 Å². The van der Waals surface area contributed by atoms with Gasteiger partial charge in [0.15, 0.2) is 0 Å². The highest BCUT2D eigenvalue weighted by molar-refractivity contribution is 5.96. The van der Waals surface area contributed by atoms with Crippen molar-refractivity contribution >= 4 is 11.8 Å². The van der Waals surface area contributed by atoms with Gasteiger partial charge in [0.25, 0.3) is 0 Å². The molecular formula is C13H12N2O3. The second kappa shape index (κ2) is 5.67. The van der Waals surface area contributed by atoms with Crippen LogP contribution < -0.4 is 10.2 Å². The third kappa shape index (κ3) is 3.21. The molecule has 0 saturated heterocycles. The summed E-state index contributed by atoms with van der Waals surface area (Å²) in [6.07, 6.45) is 0.892. The second-order valence-corrected chi connectivity index (χ2v) is 3.49. The summed E-state index contributed by atoms with van der Waals surface area (Å²) >= 11 is 0. The van der Waals surface area contributed by atoms with Crippen LogP contribution in [0, 0.1) is 0 Å². The number of carbonyl (C=O) groups is 1. The van der Waals surface area contributed by atoms with Crippen LogP contribution in [0.1, 0.15) is 12.7 Å². The van der Waals surface area contributed by atoms with Gasteiger partial charge in [-0.25, -0.2) is 10.2 Å². The Kier molecular flexibility index (Phi) is 3.76. The molecule has 2 rings (SSSR count). The number of hydrogen-bond acceptors (Lipinski definition) is 4. The minimum Gasteiger partial charge on any atom is -0.463 e. The molecule has 1 N–H and O–H groups in total. The summed E-state index contributed by atoms with van der Waals surface area (Å²) in [5, 5.41) is 3.86. The van der Waals surface area contributed by atoms with Crippen LogP contribution in [-0.4, -0.2) is 11.8 Å². The minimum absolute atomic E-state index is 0.459. The molecule has 5 nitrogen and oxygen atoms in total. The fraction of sp³-hybridized carbons (Fsp3) is 0.0769. The predicted molar refractivity (Wildman–Crippen MR) is 66.5 cm³/mol. The number of hydrazone groups is 1. The van der Waals surface area contributed by atoms with Crippen molar-refractivity contribution in [1.29, 1.82) is 0 Å². The molecule has 0 aliphatic rings. The number of furan rings is 1. The molecule has 0 bridgehead atoms. The van der Waals surface area contributed by atoms with E-state index in [1.807, 2.05) is 6.07 Å². The number of rotatable bonds is 3. The summed E-state index contributed by atoms with van der Waals surface area (Å²) in [4.78, 5) is 11.4. The van der Waals surface area contributed by atoms with E-state index in [0.29, 0.717) is 17.2 Å². The number of hydrogen-bond donors (Lipinski definition) is 1. The molecule has 0 atom stereocenters. The molecule has 0 fully saturated rings. The molecular weight excluding hydrogens is 232 g/mol. The van der Waals surface area contributed by atoms with Gasteiger partial charge in [0, 0.05) is 0 Å². The van der Waals surface area contributed by atoms with E-state index < -0.39 is 6.09 Å². The number of benzene rings is 1. The standard InChI is InChI=1S/C13H12N2O3/c1-10(12-8-5-9-17-12)14-15-13(16)18-11-6-3-2-4-7-11/h2-9H,1H3,(H,15,16)/b14-10+. The first-order chi connectivity index (χ1) is 8.75. The van der Waals surface area contributed by atoms with Crippen LogP contribution in [0.2, 0.25) is 0 Å². The van der Waals surface area contributed by atoms with Crippen LogP contribution in [0.5, 0.6) is 5.75 Å². The van der Waals surface area contributed by atoms with Crippen molar-refractivity contribution in [2.75, 3.05) is 0 Å². The summed E-state index contributed by atoms with van der Waals surface area (Å²) in [7, 11) is 0. The fourth-order valence-corrected chi connectivity index (χ4v) is 1.29. The Hall–Kier alpha value is -2.56. The largest absolute Gasteiger partial charge is 0.463 e. The number of ether oxygens (including phenoxy) is 1. The third-order valence-corrected chi connectivity index (χ3v) is 2.15. The van der Waals surface area contributed by atoms with Gasteiger partial charge < -0.3 is 9.15 Å². The summed E-state index contributed by atoms with van der Waals surface area (Å²) in [6, 6.07) is 12.3. The van der Waals surface area contributed by atoms with Gasteiger partial charge in [0.1, 0.15) is 17.2 Å². The van der Waals surface area contributed by atoms with E-state index in [0.717, 1.165) is 0 Å². The van der Waals surface area contributed by atoms with Crippen molar-refractivity contribution in [1.82, 2.24) is 5.43 Å². The fourth-order valence-electron chi connectivity index (χ4n) is 1.29. The Labute approximate surface area is 104 Å². The molecule has 0 aliphatic carbocycles. The van der Waals surface area contributed by atoms with E-state index in [4.69, 9.17) is 9.15 Å². The highest BCUT2D eigenvalue weighted by Gasteiger charge is 2.04. The Morgan fingerprint density at radius 1 is 1.22 bits per heavy atom. The molecule has 0 saturated carbocycles. The van der Waals surface area contributed by atoms with Gasteiger partial charge in [0.2, 0.25) is 0 Å². The Balaban J connectivity index is 1.91. The van der Waals surface area contributed by atoms with Crippen LogP contribution in [0.15, 0.2) is 58.2 Å². The molecule has 2 aromatic rings. The number of nitrogens with one attached hydrogen (secondary N) is 1. The van der Waals surface area contributed by atoms with Gasteiger partial charge in [0.05, 0.1) is 6.26 Å². The Morgan fingerprint density at radius 3 is 2.67 bits per heavy atom. The predicted octanol–water partition coefficient (Wildman–Crippen LogP) is 2.79. The number of nitrogens with zero attached hydrogens (tertiary/aromatic N) is 1. The lowest BCUT2D eigenvalue weighted by Gasteiger charge is -2.03. The first-order valence-corrected chi connectivity index (χ1v) is 5.37. The zero-order valence-electron chi connectivity index (χ0n) is 9.79. The molecule has 0 radical (unpaired) electrons. The summed E-state index contributed by atoms with van der Waals surface area (Å²) in [5.41, 5.74) is 2.85. The van der Waals surface area contributed by atoms with Gasteiger partial charge in [-0.15, -0.1) is 0 Å². The Morgan fingerprint density at radius 2 is 2.00 bits per heavy atom. The van der Waals surface area contributed by atoms with Crippen molar-refractivity contribution in [3.05, 3.63) is 54.5 Å². The van der Waals surface area contributed by atoms with Crippen molar-refractivity contribution in [2.24, 2.45) is 5.10 Å². The van der Waals surface area contributed by atoms with E-state index in [1.165, 1.54) is 6.26 Å². The van der Waals surface area contributed by atoms with Gasteiger partial charge in [-0.1, -0.05) is 18.2 Å². The number of amides is 1. The normalized spacial score (nSPS) is 11.1. The van der Waals surface area contributed by atoms with E-state index in [1.54, 1.807) is 43.3 Å². The molecule has 18 heavy (non-hydrogen) atoms. The monoisotopic (exact) mass is 244 g/mol. The topological polar surface area (TPSA) is 63.8 Å². The van der Waals surface area contributed by atoms with Gasteiger partial charge in [-0.05, 0) is 31.2 Å². The van der Waals surface area contributed by atoms with E-state index >= 15 is 0 Å². The molecule has 0 aliphatic heterocycles. The van der Waals surface area contributed by atoms with Gasteiger partial charge in [-0.2, -0.15) is 5.10 Å². The second-order valence-electron chi connectivity index (χ2n) is 3.49. The molecule has 1 aromatic heterocycles. The lowest BCUT2D eigenvalue weighted by molar-refractivity contribution is 0.201. The quantitative estimate of drug-likeness (QED) is 0.667. The number of para-hydroxylation sites is 1. The maximum Gasteiger partial charge on any atom is 0.433 e. The van der Waals surface area contributed by atoms with E-state index in [-0.39, 0.29) is 0 Å². The maximum absolute atomic E-state index is 11.4. The van der Waals surface area contributed by atoms with Crippen molar-refractivity contribution in [2.45, 2.75) is 6.92 Å². The Bertz CT molecular complexity index is 533. The molecule has 1 amide bonds. The summed E-state index contributed by atoms with van der Waals surface area (Å²) < 4.78 is 10.1. The van der Waals surface area contributed by atoms with Crippen LogP contribution in [0.3, 0.4) is 0 Å². The maximum atomic E-state index is 11.4. The average molecular weight is 244 g/mol. The lowest BCUT2D eigenvalue weighted by Crippen LogP contribution is -2.23. The molecule has 0 spiro atoms. The highest BCUT2D eigenvalue weighted by Crippen LogP contribution is 2.08. The molecule has 1 heterocycles. The van der Waals surface area contributed by atoms with Crippen LogP contribution in [0.4, 0.5) is 4.79 Å². The number of carbonyl (C=O) groups excluding carboxylic acids is 1. The van der Waals surface area contributed by atoms with Crippen LogP contribution in [0.25, 0.3) is 0 Å². The third-order valence-electron chi connectivity index (χ3n) is 2.15. The molecule has 0 unspecified atom stereocenters. The van der Waals surface area contributed by atoms with Gasteiger partial charge in [-0.3, -0.25) is 0 Å². The average Bonchev–Trinajstić information content (AvgIpc) is 2.91. The van der Waals surface area contributed by atoms with Crippen molar-refractivity contribution in [3.63, 3.8) is 0 Å². The minimum atomic E-state index is -0.646. The van der Waals surface area contributed by atoms with Crippen molar-refractivity contribution in [3.8, 4) is 5.75 Å². The summed E-state index contributed by atoms with van der Waals surface area (Å²) in [6.45, 7) is 1.72. The first kappa shape index (κ1) is 11.9. The first-order valence-electron chi connectivity index (χ1n) is 5.37. The van der Waals surface area contributed by atoms with Crippen LogP contribution in [-0.2, 0) is 0 Å². The summed E-state index contributed by atoms with van der Waals surface area (Å²) in [5.74, 6) is 1.05. The van der Waals surface area contributed by atoms with E-state index in [9.17, 15) is 4.79 Å². The van der Waals surface area contributed by atoms with Crippen molar-refractivity contribution < 1.29 is 13.9 Å². The zero-order chi connectivity index (χ0) is 12.8. The smallest absolute Gasteiger partial charge is 0.433 e. The molecule has 5 heteroatoms. The lowest BCUT2D eigenvalue weighted by atomic mass is 10.3. The highest BCUT2D eigenvalue weighted by atomic mass is 16.6. The molecule has 92 valence electrons.